The maximum absolute atomic E-state index is 11.6. The molecule has 1 aromatic rings. The zero-order chi connectivity index (χ0) is 12.2. The Bertz CT molecular complexity index is 463. The summed E-state index contributed by atoms with van der Waals surface area (Å²) in [6, 6.07) is 5.32. The molecule has 0 unspecified atom stereocenters. The minimum Gasteiger partial charge on any atom is -0.319 e. The second kappa shape index (κ2) is 6.00. The van der Waals surface area contributed by atoms with E-state index in [1.165, 1.54) is 0 Å². The van der Waals surface area contributed by atoms with Crippen LogP contribution in [0.25, 0.3) is 0 Å². The first-order valence-corrected chi connectivity index (χ1v) is 7.78. The average Bonchev–Trinajstić information content (AvgIpc) is 2.20. The van der Waals surface area contributed by atoms with Crippen LogP contribution in [0.5, 0.6) is 0 Å². The van der Waals surface area contributed by atoms with Crippen LogP contribution in [0.2, 0.25) is 0 Å². The van der Waals surface area contributed by atoms with Crippen LogP contribution < -0.4 is 10.0 Å². The lowest BCUT2D eigenvalue weighted by atomic mass is 10.3. The lowest BCUT2D eigenvalue weighted by molar-refractivity contribution is 0.598. The molecule has 4 nitrogen and oxygen atoms in total. The Morgan fingerprint density at radius 1 is 1.31 bits per heavy atom. The predicted molar refractivity (Wildman–Crippen MR) is 73.2 cm³/mol. The molecule has 1 aromatic carbocycles. The molecule has 0 aromatic heterocycles. The van der Waals surface area contributed by atoms with Crippen molar-refractivity contribution in [1.82, 2.24) is 5.32 Å². The molecule has 0 fully saturated rings. The first-order valence-electron chi connectivity index (χ1n) is 4.55. The molecular weight excluding hydrogens is 360 g/mol. The molecule has 0 aliphatic heterocycles. The van der Waals surface area contributed by atoms with Crippen LogP contribution in [0.15, 0.2) is 27.1 Å². The highest BCUT2D eigenvalue weighted by molar-refractivity contribution is 9.11. The number of anilines is 1. The smallest absolute Gasteiger partial charge is 0.234 e. The van der Waals surface area contributed by atoms with Crippen LogP contribution in [0.3, 0.4) is 0 Å². The van der Waals surface area contributed by atoms with E-state index >= 15 is 0 Å². The zero-order valence-corrected chi connectivity index (χ0v) is 12.6. The standard InChI is InChI=1S/C9H12Br2N2O2S/c1-12-4-5-16(14,15)13-9-6-7(10)2-3-8(9)11/h2-3,6,12-13H,4-5H2,1H3. The third-order valence-electron chi connectivity index (χ3n) is 1.81. The van der Waals surface area contributed by atoms with Gasteiger partial charge < -0.3 is 5.32 Å². The summed E-state index contributed by atoms with van der Waals surface area (Å²) in [6.45, 7) is 0.418. The van der Waals surface area contributed by atoms with Gasteiger partial charge in [-0.1, -0.05) is 15.9 Å². The molecule has 0 atom stereocenters. The minimum atomic E-state index is -3.30. The summed E-state index contributed by atoms with van der Waals surface area (Å²) in [4.78, 5) is 0. The zero-order valence-electron chi connectivity index (χ0n) is 8.63. The fourth-order valence-corrected chi connectivity index (χ4v) is 2.95. The van der Waals surface area contributed by atoms with Crippen LogP contribution in [0, 0.1) is 0 Å². The molecule has 16 heavy (non-hydrogen) atoms. The molecule has 1 rings (SSSR count). The highest BCUT2D eigenvalue weighted by Crippen LogP contribution is 2.26. The van der Waals surface area contributed by atoms with E-state index in [9.17, 15) is 8.42 Å². The lowest BCUT2D eigenvalue weighted by Crippen LogP contribution is -2.24. The van der Waals surface area contributed by atoms with E-state index in [-0.39, 0.29) is 5.75 Å². The van der Waals surface area contributed by atoms with Crippen LogP contribution in [-0.4, -0.2) is 27.8 Å². The molecule has 0 radical (unpaired) electrons. The van der Waals surface area contributed by atoms with E-state index in [1.807, 2.05) is 6.07 Å². The summed E-state index contributed by atoms with van der Waals surface area (Å²) in [5.41, 5.74) is 0.533. The molecule has 0 bridgehead atoms. The van der Waals surface area contributed by atoms with Gasteiger partial charge in [-0.3, -0.25) is 4.72 Å². The number of hydrogen-bond acceptors (Lipinski definition) is 3. The second-order valence-electron chi connectivity index (χ2n) is 3.15. The van der Waals surface area contributed by atoms with E-state index in [0.29, 0.717) is 16.7 Å². The third-order valence-corrected chi connectivity index (χ3v) is 4.27. The fraction of sp³-hybridized carbons (Fsp3) is 0.333. The Morgan fingerprint density at radius 3 is 2.62 bits per heavy atom. The molecule has 0 heterocycles. The molecule has 2 N–H and O–H groups in total. The summed E-state index contributed by atoms with van der Waals surface area (Å²) < 4.78 is 27.3. The molecule has 0 spiro atoms. The molecule has 7 heteroatoms. The predicted octanol–water partition coefficient (Wildman–Crippen LogP) is 2.17. The quantitative estimate of drug-likeness (QED) is 0.833. The summed E-state index contributed by atoms with van der Waals surface area (Å²) in [5.74, 6) is 0.0441. The van der Waals surface area contributed by atoms with Crippen molar-refractivity contribution >= 4 is 47.6 Å². The van der Waals surface area contributed by atoms with Crippen molar-refractivity contribution in [3.05, 3.63) is 27.1 Å². The molecule has 0 saturated carbocycles. The van der Waals surface area contributed by atoms with Gasteiger partial charge in [0.2, 0.25) is 10.0 Å². The topological polar surface area (TPSA) is 58.2 Å². The Kier molecular flexibility index (Phi) is 5.23. The third kappa shape index (κ3) is 4.40. The van der Waals surface area contributed by atoms with Crippen molar-refractivity contribution in [3.8, 4) is 0 Å². The number of halogens is 2. The number of rotatable bonds is 5. The van der Waals surface area contributed by atoms with Gasteiger partial charge in [0.15, 0.2) is 0 Å². The van der Waals surface area contributed by atoms with Gasteiger partial charge in [-0.25, -0.2) is 8.42 Å². The second-order valence-corrected chi connectivity index (χ2v) is 6.76. The highest BCUT2D eigenvalue weighted by atomic mass is 79.9. The van der Waals surface area contributed by atoms with Gasteiger partial charge in [0.05, 0.1) is 11.4 Å². The normalized spacial score (nSPS) is 11.4. The Labute approximate surface area is 112 Å². The summed E-state index contributed by atoms with van der Waals surface area (Å²) in [5, 5.41) is 2.80. The van der Waals surface area contributed by atoms with E-state index in [4.69, 9.17) is 0 Å². The number of hydrogen-bond donors (Lipinski definition) is 2. The van der Waals surface area contributed by atoms with Gasteiger partial charge in [-0.2, -0.15) is 0 Å². The van der Waals surface area contributed by atoms with Crippen molar-refractivity contribution in [2.45, 2.75) is 0 Å². The Hall–Kier alpha value is -0.110. The van der Waals surface area contributed by atoms with Crippen LogP contribution in [-0.2, 0) is 10.0 Å². The number of benzene rings is 1. The van der Waals surface area contributed by atoms with Crippen molar-refractivity contribution in [3.63, 3.8) is 0 Å². The van der Waals surface area contributed by atoms with Crippen molar-refractivity contribution in [2.75, 3.05) is 24.1 Å². The van der Waals surface area contributed by atoms with E-state index in [2.05, 4.69) is 41.9 Å². The van der Waals surface area contributed by atoms with Gasteiger partial charge >= 0.3 is 0 Å². The number of sulfonamides is 1. The summed E-state index contributed by atoms with van der Waals surface area (Å²) >= 11 is 6.58. The van der Waals surface area contributed by atoms with E-state index in [0.717, 1.165) is 4.47 Å². The largest absolute Gasteiger partial charge is 0.319 e. The van der Waals surface area contributed by atoms with E-state index < -0.39 is 10.0 Å². The van der Waals surface area contributed by atoms with E-state index in [1.54, 1.807) is 19.2 Å². The lowest BCUT2D eigenvalue weighted by Gasteiger charge is -2.09. The van der Waals surface area contributed by atoms with Crippen LogP contribution in [0.1, 0.15) is 0 Å². The summed E-state index contributed by atoms with van der Waals surface area (Å²) in [6.07, 6.45) is 0. The maximum atomic E-state index is 11.6. The van der Waals surface area contributed by atoms with Crippen LogP contribution in [0.4, 0.5) is 5.69 Å². The van der Waals surface area contributed by atoms with Crippen molar-refractivity contribution in [2.24, 2.45) is 0 Å². The molecular formula is C9H12Br2N2O2S. The van der Waals surface area contributed by atoms with Crippen molar-refractivity contribution in [1.29, 1.82) is 0 Å². The Morgan fingerprint density at radius 2 is 2.00 bits per heavy atom. The average molecular weight is 372 g/mol. The monoisotopic (exact) mass is 370 g/mol. The minimum absolute atomic E-state index is 0.0441. The summed E-state index contributed by atoms with van der Waals surface area (Å²) in [7, 11) is -1.59. The molecule has 0 amide bonds. The van der Waals surface area contributed by atoms with Gasteiger partial charge in [-0.05, 0) is 41.2 Å². The van der Waals surface area contributed by atoms with Crippen molar-refractivity contribution < 1.29 is 8.42 Å². The first-order chi connectivity index (χ1) is 7.44. The Balaban J connectivity index is 2.83. The molecule has 0 aliphatic carbocycles. The molecule has 90 valence electrons. The van der Waals surface area contributed by atoms with Gasteiger partial charge in [0.25, 0.3) is 0 Å². The van der Waals surface area contributed by atoms with Gasteiger partial charge in [-0.15, -0.1) is 0 Å². The molecule has 0 saturated heterocycles. The number of nitrogens with one attached hydrogen (secondary N) is 2. The van der Waals surface area contributed by atoms with Crippen LogP contribution >= 0.6 is 31.9 Å². The van der Waals surface area contributed by atoms with Gasteiger partial charge in [0.1, 0.15) is 0 Å². The fourth-order valence-electron chi connectivity index (χ4n) is 1.03. The highest BCUT2D eigenvalue weighted by Gasteiger charge is 2.11. The first kappa shape index (κ1) is 14.0. The van der Waals surface area contributed by atoms with Gasteiger partial charge in [0, 0.05) is 15.5 Å². The SMILES string of the molecule is CNCCS(=O)(=O)Nc1cc(Br)ccc1Br. The maximum Gasteiger partial charge on any atom is 0.234 e. The molecule has 0 aliphatic rings.